The standard InChI is InChI=1S/C17H21ClN2O5/c1-25-14-6-5-12(18)9-13(14)20-10-11(8-15(20)21)17(24)19-7-3-2-4-16(22)23/h5-6,9,11H,2-4,7-8,10H2,1H3,(H,19,24)(H,22,23). The van der Waals surface area contributed by atoms with Gasteiger partial charge in [-0.25, -0.2) is 0 Å². The molecule has 1 unspecified atom stereocenters. The van der Waals surface area contributed by atoms with E-state index in [1.807, 2.05) is 0 Å². The fourth-order valence-electron chi connectivity index (χ4n) is 2.75. The second-order valence-electron chi connectivity index (χ2n) is 5.86. The average Bonchev–Trinajstić information content (AvgIpc) is 2.96. The normalized spacial score (nSPS) is 16.8. The number of nitrogens with zero attached hydrogens (tertiary/aromatic N) is 1. The summed E-state index contributed by atoms with van der Waals surface area (Å²) in [6, 6.07) is 5.00. The Hall–Kier alpha value is -2.28. The summed E-state index contributed by atoms with van der Waals surface area (Å²) in [7, 11) is 1.51. The van der Waals surface area contributed by atoms with E-state index in [0.717, 1.165) is 0 Å². The van der Waals surface area contributed by atoms with Crippen molar-refractivity contribution >= 4 is 35.1 Å². The van der Waals surface area contributed by atoms with Gasteiger partial charge < -0.3 is 20.1 Å². The molecule has 0 bridgehead atoms. The van der Waals surface area contributed by atoms with Crippen LogP contribution < -0.4 is 15.0 Å². The summed E-state index contributed by atoms with van der Waals surface area (Å²) in [5.41, 5.74) is 0.553. The lowest BCUT2D eigenvalue weighted by Gasteiger charge is -2.19. The van der Waals surface area contributed by atoms with Crippen molar-refractivity contribution in [3.05, 3.63) is 23.2 Å². The maximum atomic E-state index is 12.3. The van der Waals surface area contributed by atoms with E-state index < -0.39 is 11.9 Å². The lowest BCUT2D eigenvalue weighted by Crippen LogP contribution is -2.33. The third-order valence-electron chi connectivity index (χ3n) is 4.04. The Morgan fingerprint density at radius 3 is 2.84 bits per heavy atom. The van der Waals surface area contributed by atoms with Crippen molar-refractivity contribution in [1.82, 2.24) is 5.32 Å². The highest BCUT2D eigenvalue weighted by Gasteiger charge is 2.36. The summed E-state index contributed by atoms with van der Waals surface area (Å²) in [6.45, 7) is 0.661. The highest BCUT2D eigenvalue weighted by Crippen LogP contribution is 2.35. The Kier molecular flexibility index (Phi) is 6.64. The first-order chi connectivity index (χ1) is 11.9. The molecule has 1 aromatic carbocycles. The number of nitrogens with one attached hydrogen (secondary N) is 1. The Morgan fingerprint density at radius 2 is 2.16 bits per heavy atom. The van der Waals surface area contributed by atoms with Crippen LogP contribution in [0.25, 0.3) is 0 Å². The molecule has 8 heteroatoms. The van der Waals surface area contributed by atoms with Gasteiger partial charge in [-0.05, 0) is 31.0 Å². The lowest BCUT2D eigenvalue weighted by molar-refractivity contribution is -0.137. The number of unbranched alkanes of at least 4 members (excludes halogenated alkanes) is 1. The van der Waals surface area contributed by atoms with E-state index in [1.165, 1.54) is 12.0 Å². The van der Waals surface area contributed by atoms with Gasteiger partial charge in [-0.2, -0.15) is 0 Å². The van der Waals surface area contributed by atoms with E-state index in [4.69, 9.17) is 21.4 Å². The topological polar surface area (TPSA) is 95.9 Å². The molecule has 0 aliphatic carbocycles. The number of carbonyl (C=O) groups excluding carboxylic acids is 2. The second-order valence-corrected chi connectivity index (χ2v) is 6.30. The summed E-state index contributed by atoms with van der Waals surface area (Å²) in [5.74, 6) is -1.14. The van der Waals surface area contributed by atoms with Crippen molar-refractivity contribution < 1.29 is 24.2 Å². The number of aliphatic carboxylic acids is 1. The van der Waals surface area contributed by atoms with Gasteiger partial charge in [0.1, 0.15) is 5.75 Å². The highest BCUT2D eigenvalue weighted by molar-refractivity contribution is 6.31. The fourth-order valence-corrected chi connectivity index (χ4v) is 2.91. The monoisotopic (exact) mass is 368 g/mol. The van der Waals surface area contributed by atoms with Gasteiger partial charge in [0.2, 0.25) is 11.8 Å². The molecule has 7 nitrogen and oxygen atoms in total. The molecule has 136 valence electrons. The third kappa shape index (κ3) is 5.09. The minimum Gasteiger partial charge on any atom is -0.495 e. The van der Waals surface area contributed by atoms with Gasteiger partial charge in [0.15, 0.2) is 0 Å². The first-order valence-corrected chi connectivity index (χ1v) is 8.43. The van der Waals surface area contributed by atoms with Crippen molar-refractivity contribution in [2.24, 2.45) is 5.92 Å². The van der Waals surface area contributed by atoms with Crippen LogP contribution in [0.5, 0.6) is 5.75 Å². The van der Waals surface area contributed by atoms with Crippen molar-refractivity contribution in [3.63, 3.8) is 0 Å². The van der Waals surface area contributed by atoms with Crippen molar-refractivity contribution in [2.75, 3.05) is 25.1 Å². The molecule has 0 spiro atoms. The Bertz CT molecular complexity index is 664. The van der Waals surface area contributed by atoms with E-state index in [1.54, 1.807) is 18.2 Å². The fraction of sp³-hybridized carbons (Fsp3) is 0.471. The van der Waals surface area contributed by atoms with Gasteiger partial charge in [0, 0.05) is 31.0 Å². The minimum atomic E-state index is -0.848. The molecule has 1 aliphatic heterocycles. The van der Waals surface area contributed by atoms with Crippen molar-refractivity contribution in [3.8, 4) is 5.75 Å². The van der Waals surface area contributed by atoms with Crippen LogP contribution in [0.1, 0.15) is 25.7 Å². The van der Waals surface area contributed by atoms with Crippen LogP contribution in [0.15, 0.2) is 18.2 Å². The number of methoxy groups -OCH3 is 1. The zero-order valence-electron chi connectivity index (χ0n) is 14.0. The summed E-state index contributed by atoms with van der Waals surface area (Å²) >= 11 is 6.00. The van der Waals surface area contributed by atoms with E-state index in [0.29, 0.717) is 35.8 Å². The Morgan fingerprint density at radius 1 is 1.40 bits per heavy atom. The molecule has 1 heterocycles. The number of anilines is 1. The van der Waals surface area contributed by atoms with Gasteiger partial charge in [0.25, 0.3) is 0 Å². The highest BCUT2D eigenvalue weighted by atomic mass is 35.5. The van der Waals surface area contributed by atoms with Gasteiger partial charge in [-0.3, -0.25) is 14.4 Å². The van der Waals surface area contributed by atoms with Gasteiger partial charge in [0.05, 0.1) is 18.7 Å². The summed E-state index contributed by atoms with van der Waals surface area (Å²) in [6.07, 6.45) is 1.30. The Labute approximate surface area is 150 Å². The predicted molar refractivity (Wildman–Crippen MR) is 93.0 cm³/mol. The molecule has 0 saturated carbocycles. The zero-order chi connectivity index (χ0) is 18.4. The van der Waals surface area contributed by atoms with Crippen LogP contribution in [-0.4, -0.2) is 43.1 Å². The molecular formula is C17H21ClN2O5. The number of hydrogen-bond donors (Lipinski definition) is 2. The van der Waals surface area contributed by atoms with Crippen molar-refractivity contribution in [1.29, 1.82) is 0 Å². The number of ether oxygens (including phenoxy) is 1. The molecule has 2 amide bonds. The largest absolute Gasteiger partial charge is 0.495 e. The molecule has 25 heavy (non-hydrogen) atoms. The first kappa shape index (κ1) is 19.1. The predicted octanol–water partition coefficient (Wildman–Crippen LogP) is 2.07. The smallest absolute Gasteiger partial charge is 0.303 e. The number of carboxylic acids is 1. The van der Waals surface area contributed by atoms with Gasteiger partial charge in [-0.1, -0.05) is 11.6 Å². The number of halogens is 1. The molecule has 1 atom stereocenters. The van der Waals surface area contributed by atoms with E-state index in [9.17, 15) is 14.4 Å². The molecule has 1 aliphatic rings. The molecule has 1 aromatic rings. The number of rotatable bonds is 8. The molecule has 1 fully saturated rings. The third-order valence-corrected chi connectivity index (χ3v) is 4.28. The maximum absolute atomic E-state index is 12.3. The molecule has 2 rings (SSSR count). The first-order valence-electron chi connectivity index (χ1n) is 8.05. The van der Waals surface area contributed by atoms with Gasteiger partial charge >= 0.3 is 5.97 Å². The molecule has 0 aromatic heterocycles. The number of benzene rings is 1. The number of amides is 2. The van der Waals surface area contributed by atoms with E-state index >= 15 is 0 Å². The summed E-state index contributed by atoms with van der Waals surface area (Å²) in [4.78, 5) is 36.5. The van der Waals surface area contributed by atoms with Crippen LogP contribution in [0.2, 0.25) is 5.02 Å². The molecule has 2 N–H and O–H groups in total. The zero-order valence-corrected chi connectivity index (χ0v) is 14.7. The van der Waals surface area contributed by atoms with Crippen LogP contribution in [-0.2, 0) is 14.4 Å². The van der Waals surface area contributed by atoms with Crippen LogP contribution in [0.3, 0.4) is 0 Å². The van der Waals surface area contributed by atoms with Crippen LogP contribution >= 0.6 is 11.6 Å². The van der Waals surface area contributed by atoms with Crippen molar-refractivity contribution in [2.45, 2.75) is 25.7 Å². The average molecular weight is 369 g/mol. The van der Waals surface area contributed by atoms with Crippen LogP contribution in [0.4, 0.5) is 5.69 Å². The van der Waals surface area contributed by atoms with Gasteiger partial charge in [-0.15, -0.1) is 0 Å². The lowest BCUT2D eigenvalue weighted by atomic mass is 10.1. The SMILES string of the molecule is COc1ccc(Cl)cc1N1CC(C(=O)NCCCCC(=O)O)CC1=O. The quantitative estimate of drug-likeness (QED) is 0.685. The maximum Gasteiger partial charge on any atom is 0.303 e. The summed E-state index contributed by atoms with van der Waals surface area (Å²) in [5, 5.41) is 11.8. The van der Waals surface area contributed by atoms with E-state index in [-0.39, 0.29) is 31.2 Å². The minimum absolute atomic E-state index is 0.0835. The molecular weight excluding hydrogens is 348 g/mol. The Balaban J connectivity index is 1.92. The summed E-state index contributed by atoms with van der Waals surface area (Å²) < 4.78 is 5.27. The van der Waals surface area contributed by atoms with Crippen LogP contribution in [0, 0.1) is 5.92 Å². The van der Waals surface area contributed by atoms with E-state index in [2.05, 4.69) is 5.32 Å². The second kappa shape index (κ2) is 8.71. The number of carboxylic acid groups (broad SMARTS) is 1. The molecule has 1 saturated heterocycles. The molecule has 0 radical (unpaired) electrons. The number of hydrogen-bond acceptors (Lipinski definition) is 4. The number of carbonyl (C=O) groups is 3.